The molecule has 1 aliphatic carbocycles. The van der Waals surface area contributed by atoms with Crippen molar-refractivity contribution in [2.75, 3.05) is 4.90 Å². The van der Waals surface area contributed by atoms with Gasteiger partial charge in [0, 0.05) is 32.9 Å². The van der Waals surface area contributed by atoms with Gasteiger partial charge in [-0.15, -0.1) is 0 Å². The average Bonchev–Trinajstić information content (AvgIpc) is 3.13. The molecule has 1 atom stereocenters. The third-order valence-electron chi connectivity index (χ3n) is 5.99. The summed E-state index contributed by atoms with van der Waals surface area (Å²) >= 11 is 12.5. The van der Waals surface area contributed by atoms with Crippen LogP contribution in [0, 0.1) is 5.41 Å². The molecule has 5 rings (SSSR count). The van der Waals surface area contributed by atoms with Crippen molar-refractivity contribution in [1.29, 1.82) is 0 Å². The second-order valence-corrected chi connectivity index (χ2v) is 9.00. The summed E-state index contributed by atoms with van der Waals surface area (Å²) < 4.78 is 0. The first-order valence-electron chi connectivity index (χ1n) is 9.59. The number of para-hydroxylation sites is 1. The molecule has 29 heavy (non-hydrogen) atoms. The van der Waals surface area contributed by atoms with Gasteiger partial charge in [0.15, 0.2) is 0 Å². The number of hydrogen-bond acceptors (Lipinski definition) is 1. The van der Waals surface area contributed by atoms with Crippen molar-refractivity contribution in [3.63, 3.8) is 0 Å². The lowest BCUT2D eigenvalue weighted by atomic mass is 9.77. The van der Waals surface area contributed by atoms with E-state index < -0.39 is 5.41 Å². The zero-order valence-corrected chi connectivity index (χ0v) is 17.6. The number of fused-ring (bicyclic) bond motifs is 3. The standard InChI is InChI=1S/C25H19Cl2NO/c1-25(2)22-19-13-12-17(27)14-20(19)21(15-8-10-16(26)11-9-15)23(22)28(24(25)29)18-6-4-3-5-7-18/h3-14,22H,1-2H3/t22-/m1/s1. The van der Waals surface area contributed by atoms with Gasteiger partial charge in [0.1, 0.15) is 0 Å². The van der Waals surface area contributed by atoms with Crippen LogP contribution in [0.2, 0.25) is 10.0 Å². The molecular formula is C25H19Cl2NO. The molecule has 0 radical (unpaired) electrons. The van der Waals surface area contributed by atoms with E-state index in [-0.39, 0.29) is 11.8 Å². The molecule has 0 unspecified atom stereocenters. The van der Waals surface area contributed by atoms with Crippen molar-refractivity contribution >= 4 is 40.4 Å². The summed E-state index contributed by atoms with van der Waals surface area (Å²) in [5.74, 6) is 0.0731. The third kappa shape index (κ3) is 2.67. The van der Waals surface area contributed by atoms with Gasteiger partial charge in [0.25, 0.3) is 0 Å². The summed E-state index contributed by atoms with van der Waals surface area (Å²) in [7, 11) is 0. The van der Waals surface area contributed by atoms with E-state index in [9.17, 15) is 4.79 Å². The molecule has 2 aliphatic rings. The minimum absolute atomic E-state index is 0.0341. The number of benzene rings is 3. The van der Waals surface area contributed by atoms with Crippen LogP contribution in [0.15, 0.2) is 78.5 Å². The lowest BCUT2D eigenvalue weighted by Gasteiger charge is -2.23. The topological polar surface area (TPSA) is 20.3 Å². The molecular weight excluding hydrogens is 401 g/mol. The molecule has 144 valence electrons. The van der Waals surface area contributed by atoms with Crippen LogP contribution in [0.4, 0.5) is 5.69 Å². The summed E-state index contributed by atoms with van der Waals surface area (Å²) in [6.45, 7) is 4.07. The second kappa shape index (κ2) is 6.48. The molecule has 3 aromatic rings. The highest BCUT2D eigenvalue weighted by molar-refractivity contribution is 6.31. The Morgan fingerprint density at radius 1 is 0.862 bits per heavy atom. The first-order valence-corrected chi connectivity index (χ1v) is 10.3. The van der Waals surface area contributed by atoms with Crippen LogP contribution in [0.25, 0.3) is 5.57 Å². The van der Waals surface area contributed by atoms with Crippen molar-refractivity contribution in [3.8, 4) is 0 Å². The zero-order chi connectivity index (χ0) is 20.3. The van der Waals surface area contributed by atoms with Crippen molar-refractivity contribution in [2.45, 2.75) is 19.8 Å². The number of carbonyl (C=O) groups is 1. The van der Waals surface area contributed by atoms with E-state index >= 15 is 0 Å². The maximum atomic E-state index is 13.6. The molecule has 0 saturated carbocycles. The highest BCUT2D eigenvalue weighted by Gasteiger charge is 2.56. The van der Waals surface area contributed by atoms with Crippen LogP contribution in [-0.4, -0.2) is 5.91 Å². The number of rotatable bonds is 2. The van der Waals surface area contributed by atoms with Crippen LogP contribution in [0.5, 0.6) is 0 Å². The number of halogens is 2. The number of allylic oxidation sites excluding steroid dienone is 1. The minimum Gasteiger partial charge on any atom is -0.283 e. The summed E-state index contributed by atoms with van der Waals surface area (Å²) in [4.78, 5) is 15.5. The Morgan fingerprint density at radius 2 is 1.52 bits per heavy atom. The molecule has 1 fully saturated rings. The Kier molecular flexibility index (Phi) is 4.13. The van der Waals surface area contributed by atoms with Gasteiger partial charge in [-0.05, 0) is 53.1 Å². The second-order valence-electron chi connectivity index (χ2n) is 8.13. The molecule has 3 aromatic carbocycles. The fraction of sp³-hybridized carbons (Fsp3) is 0.160. The van der Waals surface area contributed by atoms with E-state index in [0.717, 1.165) is 33.6 Å². The minimum atomic E-state index is -0.568. The highest BCUT2D eigenvalue weighted by Crippen LogP contribution is 2.60. The van der Waals surface area contributed by atoms with Gasteiger partial charge in [-0.1, -0.05) is 73.4 Å². The van der Waals surface area contributed by atoms with E-state index in [4.69, 9.17) is 23.2 Å². The third-order valence-corrected chi connectivity index (χ3v) is 6.48. The summed E-state index contributed by atoms with van der Waals surface area (Å²) in [6.07, 6.45) is 0. The predicted molar refractivity (Wildman–Crippen MR) is 119 cm³/mol. The number of hydrogen-bond donors (Lipinski definition) is 0. The largest absolute Gasteiger partial charge is 0.283 e. The molecule has 1 amide bonds. The van der Waals surface area contributed by atoms with E-state index in [1.807, 2.05) is 85.5 Å². The molecule has 1 aliphatic heterocycles. The van der Waals surface area contributed by atoms with E-state index in [2.05, 4.69) is 6.07 Å². The van der Waals surface area contributed by atoms with Crippen LogP contribution < -0.4 is 4.90 Å². The Hall–Kier alpha value is -2.55. The zero-order valence-electron chi connectivity index (χ0n) is 16.1. The van der Waals surface area contributed by atoms with Crippen LogP contribution in [-0.2, 0) is 4.79 Å². The van der Waals surface area contributed by atoms with Gasteiger partial charge >= 0.3 is 0 Å². The number of amides is 1. The fourth-order valence-electron chi connectivity index (χ4n) is 4.67. The molecule has 0 aromatic heterocycles. The van der Waals surface area contributed by atoms with Gasteiger partial charge < -0.3 is 0 Å². The summed E-state index contributed by atoms with van der Waals surface area (Å²) in [6, 6.07) is 23.6. The molecule has 0 bridgehead atoms. The Labute approximate surface area is 180 Å². The maximum Gasteiger partial charge on any atom is 0.237 e. The SMILES string of the molecule is CC1(C)C(=O)N(c2ccccc2)C2=C(c3ccc(Cl)cc3)c3cc(Cl)ccc3[C@H]21. The molecule has 0 spiro atoms. The summed E-state index contributed by atoms with van der Waals surface area (Å²) in [5, 5.41) is 1.37. The van der Waals surface area contributed by atoms with Gasteiger partial charge in [0.05, 0.1) is 5.41 Å². The highest BCUT2D eigenvalue weighted by atomic mass is 35.5. The Morgan fingerprint density at radius 3 is 2.21 bits per heavy atom. The number of carbonyl (C=O) groups excluding carboxylic acids is 1. The molecule has 1 heterocycles. The van der Waals surface area contributed by atoms with Crippen molar-refractivity contribution in [3.05, 3.63) is 105 Å². The van der Waals surface area contributed by atoms with Crippen LogP contribution >= 0.6 is 23.2 Å². The van der Waals surface area contributed by atoms with Gasteiger partial charge in [-0.3, -0.25) is 9.69 Å². The molecule has 1 saturated heterocycles. The number of anilines is 1. The first-order chi connectivity index (χ1) is 13.9. The van der Waals surface area contributed by atoms with Crippen molar-refractivity contribution in [1.82, 2.24) is 0 Å². The van der Waals surface area contributed by atoms with Crippen LogP contribution in [0.3, 0.4) is 0 Å². The van der Waals surface area contributed by atoms with Crippen molar-refractivity contribution in [2.24, 2.45) is 5.41 Å². The fourth-order valence-corrected chi connectivity index (χ4v) is 4.97. The van der Waals surface area contributed by atoms with Gasteiger partial charge in [-0.25, -0.2) is 0 Å². The van der Waals surface area contributed by atoms with E-state index in [1.165, 1.54) is 0 Å². The monoisotopic (exact) mass is 419 g/mol. The lowest BCUT2D eigenvalue weighted by molar-refractivity contribution is -0.124. The average molecular weight is 420 g/mol. The summed E-state index contributed by atoms with van der Waals surface area (Å²) in [5.41, 5.74) is 5.64. The quantitative estimate of drug-likeness (QED) is 0.441. The maximum absolute atomic E-state index is 13.6. The Balaban J connectivity index is 1.85. The van der Waals surface area contributed by atoms with Gasteiger partial charge in [-0.2, -0.15) is 0 Å². The number of nitrogens with zero attached hydrogens (tertiary/aromatic N) is 1. The molecule has 4 heteroatoms. The van der Waals surface area contributed by atoms with Crippen LogP contribution in [0.1, 0.15) is 36.5 Å². The van der Waals surface area contributed by atoms with E-state index in [0.29, 0.717) is 10.0 Å². The molecule has 0 N–H and O–H groups in total. The lowest BCUT2D eigenvalue weighted by Crippen LogP contribution is -2.32. The smallest absolute Gasteiger partial charge is 0.237 e. The predicted octanol–water partition coefficient (Wildman–Crippen LogP) is 6.92. The van der Waals surface area contributed by atoms with E-state index in [1.54, 1.807) is 0 Å². The molecule has 2 nitrogen and oxygen atoms in total. The first kappa shape index (κ1) is 18.5. The Bertz CT molecular complexity index is 1160. The van der Waals surface area contributed by atoms with Gasteiger partial charge in [0.2, 0.25) is 5.91 Å². The van der Waals surface area contributed by atoms with Crippen molar-refractivity contribution < 1.29 is 4.79 Å². The normalized spacial score (nSPS) is 19.5.